The molecule has 0 aliphatic carbocycles. The molecule has 0 unspecified atom stereocenters. The summed E-state index contributed by atoms with van der Waals surface area (Å²) in [4.78, 5) is 14.2. The van der Waals surface area contributed by atoms with Gasteiger partial charge in [0.05, 0.1) is 5.69 Å². The predicted octanol–water partition coefficient (Wildman–Crippen LogP) is -1.45. The molecule has 0 fully saturated rings. The first-order valence-corrected chi connectivity index (χ1v) is 3.36. The van der Waals surface area contributed by atoms with Gasteiger partial charge in [0.1, 0.15) is 12.4 Å². The summed E-state index contributed by atoms with van der Waals surface area (Å²) in [7, 11) is 0. The van der Waals surface area contributed by atoms with Crippen LogP contribution in [0.1, 0.15) is 5.69 Å². The van der Waals surface area contributed by atoms with Gasteiger partial charge in [0.15, 0.2) is 0 Å². The summed E-state index contributed by atoms with van der Waals surface area (Å²) in [6.07, 6.45) is 3.12. The number of carboxylic acids is 1. The van der Waals surface area contributed by atoms with Crippen molar-refractivity contribution < 1.29 is 9.90 Å². The zero-order chi connectivity index (χ0) is 9.14. The molecule has 0 radical (unpaired) electrons. The number of carboxylic acid groups (broad SMARTS) is 1. The molecular weight excluding hydrogens is 160 g/mol. The Morgan fingerprint density at radius 2 is 2.50 bits per heavy atom. The van der Waals surface area contributed by atoms with E-state index in [1.165, 1.54) is 17.2 Å². The van der Waals surface area contributed by atoms with Crippen LogP contribution in [-0.4, -0.2) is 26.8 Å². The molecule has 12 heavy (non-hydrogen) atoms. The summed E-state index contributed by atoms with van der Waals surface area (Å²) in [6.45, 7) is 0. The lowest BCUT2D eigenvalue weighted by atomic mass is 10.2. The quantitative estimate of drug-likeness (QED) is 0.481. The Morgan fingerprint density at radius 1 is 1.83 bits per heavy atom. The second-order valence-electron chi connectivity index (χ2n) is 2.46. The SMILES string of the molecule is N[C@@H](Cc1cn(N)cn1)C(=O)O. The van der Waals surface area contributed by atoms with Crippen LogP contribution >= 0.6 is 0 Å². The van der Waals surface area contributed by atoms with Crippen LogP contribution in [0.5, 0.6) is 0 Å². The average Bonchev–Trinajstić information content (AvgIpc) is 2.35. The van der Waals surface area contributed by atoms with Crippen molar-refractivity contribution in [3.05, 3.63) is 18.2 Å². The van der Waals surface area contributed by atoms with E-state index in [1.54, 1.807) is 0 Å². The Bertz CT molecular complexity index is 283. The van der Waals surface area contributed by atoms with Crippen molar-refractivity contribution in [2.75, 3.05) is 5.84 Å². The van der Waals surface area contributed by atoms with Crippen molar-refractivity contribution in [2.45, 2.75) is 12.5 Å². The number of aliphatic carboxylic acids is 1. The number of hydrogen-bond donors (Lipinski definition) is 3. The van der Waals surface area contributed by atoms with E-state index in [0.717, 1.165) is 0 Å². The maximum atomic E-state index is 10.3. The molecule has 1 aromatic rings. The highest BCUT2D eigenvalue weighted by molar-refractivity contribution is 5.73. The van der Waals surface area contributed by atoms with Crippen LogP contribution in [0.4, 0.5) is 0 Å². The Morgan fingerprint density at radius 3 is 2.92 bits per heavy atom. The van der Waals surface area contributed by atoms with Crippen molar-refractivity contribution in [2.24, 2.45) is 5.73 Å². The van der Waals surface area contributed by atoms with E-state index in [-0.39, 0.29) is 6.42 Å². The Labute approximate surface area is 68.8 Å². The summed E-state index contributed by atoms with van der Waals surface area (Å²) in [5, 5.41) is 8.46. The molecule has 0 saturated carbocycles. The number of aromatic nitrogens is 2. The van der Waals surface area contributed by atoms with E-state index in [1.807, 2.05) is 0 Å². The molecule has 0 aliphatic rings. The van der Waals surface area contributed by atoms with Gasteiger partial charge in [-0.25, -0.2) is 4.98 Å². The number of carbonyl (C=O) groups is 1. The molecule has 5 N–H and O–H groups in total. The van der Waals surface area contributed by atoms with Crippen LogP contribution < -0.4 is 11.6 Å². The third-order valence-electron chi connectivity index (χ3n) is 1.40. The van der Waals surface area contributed by atoms with Gasteiger partial charge in [-0.3, -0.25) is 9.47 Å². The van der Waals surface area contributed by atoms with Crippen LogP contribution in [0.25, 0.3) is 0 Å². The first kappa shape index (κ1) is 8.54. The number of hydrogen-bond acceptors (Lipinski definition) is 4. The van der Waals surface area contributed by atoms with Gasteiger partial charge in [-0.05, 0) is 0 Å². The van der Waals surface area contributed by atoms with E-state index in [0.29, 0.717) is 5.69 Å². The van der Waals surface area contributed by atoms with Gasteiger partial charge in [0, 0.05) is 12.6 Å². The molecule has 0 spiro atoms. The van der Waals surface area contributed by atoms with Crippen LogP contribution in [0.15, 0.2) is 12.5 Å². The number of nitrogen functional groups attached to an aromatic ring is 1. The second-order valence-corrected chi connectivity index (χ2v) is 2.46. The van der Waals surface area contributed by atoms with Crippen molar-refractivity contribution in [1.82, 2.24) is 9.66 Å². The lowest BCUT2D eigenvalue weighted by molar-refractivity contribution is -0.138. The summed E-state index contributed by atoms with van der Waals surface area (Å²) >= 11 is 0. The maximum Gasteiger partial charge on any atom is 0.320 e. The minimum Gasteiger partial charge on any atom is -0.480 e. The zero-order valence-corrected chi connectivity index (χ0v) is 6.34. The lowest BCUT2D eigenvalue weighted by Gasteiger charge is -2.01. The standard InChI is InChI=1S/C6H10N4O2/c7-5(6(11)12)1-4-2-10(8)3-9-4/h2-3,5H,1,7-8H2,(H,11,12)/t5-/m0/s1. The average molecular weight is 170 g/mol. The van der Waals surface area contributed by atoms with Crippen molar-refractivity contribution >= 4 is 5.97 Å². The molecule has 1 heterocycles. The Balaban J connectivity index is 2.58. The van der Waals surface area contributed by atoms with E-state index in [2.05, 4.69) is 4.98 Å². The summed E-state index contributed by atoms with van der Waals surface area (Å²) < 4.78 is 1.25. The number of rotatable bonds is 3. The third-order valence-corrected chi connectivity index (χ3v) is 1.40. The van der Waals surface area contributed by atoms with E-state index < -0.39 is 12.0 Å². The molecule has 1 rings (SSSR count). The molecule has 0 amide bonds. The summed E-state index contributed by atoms with van der Waals surface area (Å²) in [6, 6.07) is -0.917. The molecule has 0 bridgehead atoms. The largest absolute Gasteiger partial charge is 0.480 e. The molecule has 1 aromatic heterocycles. The smallest absolute Gasteiger partial charge is 0.320 e. The fourth-order valence-corrected chi connectivity index (χ4v) is 0.798. The number of nitrogens with zero attached hydrogens (tertiary/aromatic N) is 2. The predicted molar refractivity (Wildman–Crippen MR) is 41.7 cm³/mol. The molecule has 66 valence electrons. The Kier molecular flexibility index (Phi) is 2.29. The monoisotopic (exact) mass is 170 g/mol. The van der Waals surface area contributed by atoms with Gasteiger partial charge in [-0.15, -0.1) is 0 Å². The van der Waals surface area contributed by atoms with Crippen molar-refractivity contribution in [3.8, 4) is 0 Å². The minimum absolute atomic E-state index is 0.194. The van der Waals surface area contributed by atoms with Crippen LogP contribution in [-0.2, 0) is 11.2 Å². The number of imidazole rings is 1. The third kappa shape index (κ3) is 1.96. The van der Waals surface area contributed by atoms with Gasteiger partial charge in [-0.1, -0.05) is 0 Å². The van der Waals surface area contributed by atoms with Crippen LogP contribution in [0.3, 0.4) is 0 Å². The van der Waals surface area contributed by atoms with Crippen molar-refractivity contribution in [3.63, 3.8) is 0 Å². The van der Waals surface area contributed by atoms with E-state index in [4.69, 9.17) is 16.7 Å². The van der Waals surface area contributed by atoms with E-state index >= 15 is 0 Å². The van der Waals surface area contributed by atoms with Crippen LogP contribution in [0.2, 0.25) is 0 Å². The molecule has 6 heteroatoms. The van der Waals surface area contributed by atoms with Crippen LogP contribution in [0, 0.1) is 0 Å². The maximum absolute atomic E-state index is 10.3. The van der Waals surface area contributed by atoms with Gasteiger partial charge < -0.3 is 16.7 Å². The molecule has 0 aliphatic heterocycles. The summed E-state index contributed by atoms with van der Waals surface area (Å²) in [5.41, 5.74) is 5.84. The highest BCUT2D eigenvalue weighted by Gasteiger charge is 2.13. The fourth-order valence-electron chi connectivity index (χ4n) is 0.798. The fraction of sp³-hybridized carbons (Fsp3) is 0.333. The topological polar surface area (TPSA) is 107 Å². The van der Waals surface area contributed by atoms with Gasteiger partial charge >= 0.3 is 5.97 Å². The lowest BCUT2D eigenvalue weighted by Crippen LogP contribution is -2.32. The summed E-state index contributed by atoms with van der Waals surface area (Å²) in [5.74, 6) is 4.26. The highest BCUT2D eigenvalue weighted by Crippen LogP contribution is 1.96. The van der Waals surface area contributed by atoms with Gasteiger partial charge in [0.25, 0.3) is 0 Å². The first-order valence-electron chi connectivity index (χ1n) is 3.36. The van der Waals surface area contributed by atoms with Gasteiger partial charge in [0.2, 0.25) is 0 Å². The number of nitrogens with two attached hydrogens (primary N) is 2. The highest BCUT2D eigenvalue weighted by atomic mass is 16.4. The first-order chi connectivity index (χ1) is 5.59. The van der Waals surface area contributed by atoms with Gasteiger partial charge in [-0.2, -0.15) is 0 Å². The Hall–Kier alpha value is -1.56. The molecule has 6 nitrogen and oxygen atoms in total. The zero-order valence-electron chi connectivity index (χ0n) is 6.34. The van der Waals surface area contributed by atoms with Crippen molar-refractivity contribution in [1.29, 1.82) is 0 Å². The second kappa shape index (κ2) is 3.22. The normalized spacial score (nSPS) is 12.8. The molecule has 0 aromatic carbocycles. The molecular formula is C6H10N4O2. The molecule has 1 atom stereocenters. The molecule has 0 saturated heterocycles. The van der Waals surface area contributed by atoms with E-state index in [9.17, 15) is 4.79 Å². The minimum atomic E-state index is -1.04.